The van der Waals surface area contributed by atoms with Crippen molar-refractivity contribution in [2.75, 3.05) is 7.11 Å². The maximum atomic E-state index is 13.5. The van der Waals surface area contributed by atoms with E-state index in [1.807, 2.05) is 54.6 Å². The molecule has 0 spiro atoms. The molecule has 6 rings (SSSR count). The minimum Gasteiger partial charge on any atom is -0.497 e. The molecule has 2 heterocycles. The number of halogens is 1. The van der Waals surface area contributed by atoms with Crippen LogP contribution in [0.2, 0.25) is 0 Å². The second-order valence-electron chi connectivity index (χ2n) is 8.57. The maximum absolute atomic E-state index is 13.5. The number of rotatable bonds is 5. The van der Waals surface area contributed by atoms with Crippen LogP contribution in [0.3, 0.4) is 0 Å². The Labute approximate surface area is 226 Å². The molecule has 0 amide bonds. The maximum Gasteiger partial charge on any atom is 0.348 e. The number of benzene rings is 4. The fourth-order valence-corrected chi connectivity index (χ4v) is 4.56. The van der Waals surface area contributed by atoms with Crippen LogP contribution in [0.5, 0.6) is 17.2 Å². The second-order valence-corrected chi connectivity index (χ2v) is 9.49. The van der Waals surface area contributed by atoms with Crippen LogP contribution < -0.4 is 14.2 Å². The standard InChI is InChI=1S/C31H19BrO6/c1-35-21-12-14-25-24(16-21)28(30(38-25)19-5-3-2-4-6-19)31(34)36-22-11-13-23-26(17-22)37-27(29(23)33)15-18-7-9-20(32)10-8-18/h2-17H,1H3. The minimum atomic E-state index is -0.606. The molecule has 0 unspecified atom stereocenters. The first-order valence-corrected chi connectivity index (χ1v) is 12.5. The third-order valence-corrected chi connectivity index (χ3v) is 6.68. The predicted molar refractivity (Wildman–Crippen MR) is 147 cm³/mol. The Morgan fingerprint density at radius 2 is 1.66 bits per heavy atom. The molecule has 0 aliphatic carbocycles. The first-order valence-electron chi connectivity index (χ1n) is 11.7. The summed E-state index contributed by atoms with van der Waals surface area (Å²) in [5.74, 6) is 0.900. The number of carbonyl (C=O) groups is 2. The summed E-state index contributed by atoms with van der Waals surface area (Å²) in [5, 5.41) is 0.570. The van der Waals surface area contributed by atoms with Gasteiger partial charge in [-0.05, 0) is 54.1 Å². The van der Waals surface area contributed by atoms with Crippen molar-refractivity contribution in [3.63, 3.8) is 0 Å². The van der Waals surface area contributed by atoms with Gasteiger partial charge in [0.25, 0.3) is 0 Å². The van der Waals surface area contributed by atoms with Crippen LogP contribution in [-0.4, -0.2) is 18.9 Å². The van der Waals surface area contributed by atoms with E-state index in [0.29, 0.717) is 33.8 Å². The van der Waals surface area contributed by atoms with Crippen LogP contribution in [0.4, 0.5) is 0 Å². The number of hydrogen-bond acceptors (Lipinski definition) is 6. The van der Waals surface area contributed by atoms with Gasteiger partial charge in [-0.15, -0.1) is 0 Å². The Morgan fingerprint density at radius 3 is 2.42 bits per heavy atom. The van der Waals surface area contributed by atoms with Crippen molar-refractivity contribution in [2.24, 2.45) is 0 Å². The number of methoxy groups -OCH3 is 1. The van der Waals surface area contributed by atoms with Gasteiger partial charge in [0.05, 0.1) is 12.7 Å². The van der Waals surface area contributed by atoms with Gasteiger partial charge in [-0.25, -0.2) is 4.79 Å². The number of fused-ring (bicyclic) bond motifs is 2. The summed E-state index contributed by atoms with van der Waals surface area (Å²) in [6, 6.07) is 26.8. The van der Waals surface area contributed by atoms with Gasteiger partial charge < -0.3 is 18.6 Å². The number of allylic oxidation sites excluding steroid dienone is 1. The molecule has 186 valence electrons. The fourth-order valence-electron chi connectivity index (χ4n) is 4.30. The Kier molecular flexibility index (Phi) is 6.05. The van der Waals surface area contributed by atoms with Gasteiger partial charge in [-0.3, -0.25) is 4.79 Å². The summed E-state index contributed by atoms with van der Waals surface area (Å²) in [6.45, 7) is 0. The minimum absolute atomic E-state index is 0.199. The van der Waals surface area contributed by atoms with E-state index in [1.165, 1.54) is 0 Å². The zero-order valence-corrected chi connectivity index (χ0v) is 21.7. The van der Waals surface area contributed by atoms with Crippen LogP contribution in [0, 0.1) is 0 Å². The van der Waals surface area contributed by atoms with Crippen molar-refractivity contribution in [3.8, 4) is 28.6 Å². The Morgan fingerprint density at radius 1 is 0.895 bits per heavy atom. The summed E-state index contributed by atoms with van der Waals surface area (Å²) in [5.41, 5.74) is 2.77. The van der Waals surface area contributed by atoms with E-state index >= 15 is 0 Å². The van der Waals surface area contributed by atoms with Gasteiger partial charge >= 0.3 is 5.97 Å². The lowest BCUT2D eigenvalue weighted by Gasteiger charge is -2.07. The molecule has 0 atom stereocenters. The van der Waals surface area contributed by atoms with E-state index in [4.69, 9.17) is 18.6 Å². The smallest absolute Gasteiger partial charge is 0.348 e. The highest BCUT2D eigenvalue weighted by atomic mass is 79.9. The molecule has 1 aliphatic rings. The van der Waals surface area contributed by atoms with Gasteiger partial charge in [-0.2, -0.15) is 0 Å². The highest BCUT2D eigenvalue weighted by molar-refractivity contribution is 9.10. The Balaban J connectivity index is 1.33. The van der Waals surface area contributed by atoms with E-state index in [1.54, 1.807) is 49.6 Å². The largest absolute Gasteiger partial charge is 0.497 e. The first-order chi connectivity index (χ1) is 18.5. The molecule has 0 N–H and O–H groups in total. The molecule has 0 fully saturated rings. The van der Waals surface area contributed by atoms with E-state index in [9.17, 15) is 9.59 Å². The SMILES string of the molecule is COc1ccc2oc(-c3ccccc3)c(C(=O)Oc3ccc4c(c3)OC(=Cc3ccc(Br)cc3)C4=O)c2c1. The Bertz CT molecular complexity index is 1730. The summed E-state index contributed by atoms with van der Waals surface area (Å²) in [7, 11) is 1.56. The summed E-state index contributed by atoms with van der Waals surface area (Å²) < 4.78 is 24.0. The van der Waals surface area contributed by atoms with E-state index in [0.717, 1.165) is 15.6 Å². The van der Waals surface area contributed by atoms with E-state index < -0.39 is 5.97 Å². The first kappa shape index (κ1) is 23.8. The molecule has 5 aromatic rings. The molecule has 4 aromatic carbocycles. The van der Waals surface area contributed by atoms with Gasteiger partial charge in [0, 0.05) is 21.5 Å². The average Bonchev–Trinajstić information content (AvgIpc) is 3.47. The molecule has 0 saturated carbocycles. The van der Waals surface area contributed by atoms with Crippen molar-refractivity contribution in [1.29, 1.82) is 0 Å². The summed E-state index contributed by atoms with van der Waals surface area (Å²) in [4.78, 5) is 26.4. The number of carbonyl (C=O) groups excluding carboxylic acids is 2. The summed E-state index contributed by atoms with van der Waals surface area (Å²) >= 11 is 3.40. The summed E-state index contributed by atoms with van der Waals surface area (Å²) in [6.07, 6.45) is 1.68. The van der Waals surface area contributed by atoms with E-state index in [-0.39, 0.29) is 22.9 Å². The van der Waals surface area contributed by atoms with Crippen LogP contribution in [0.1, 0.15) is 26.3 Å². The van der Waals surface area contributed by atoms with Gasteiger partial charge in [0.1, 0.15) is 34.2 Å². The molecule has 6 nitrogen and oxygen atoms in total. The van der Waals surface area contributed by atoms with Crippen LogP contribution >= 0.6 is 15.9 Å². The van der Waals surface area contributed by atoms with Crippen LogP contribution in [-0.2, 0) is 0 Å². The van der Waals surface area contributed by atoms with Gasteiger partial charge in [0.2, 0.25) is 5.78 Å². The number of esters is 1. The van der Waals surface area contributed by atoms with Crippen molar-refractivity contribution in [2.45, 2.75) is 0 Å². The molecule has 0 radical (unpaired) electrons. The highest BCUT2D eigenvalue weighted by Crippen LogP contribution is 2.38. The van der Waals surface area contributed by atoms with Crippen molar-refractivity contribution in [3.05, 3.63) is 118 Å². The number of ketones is 1. The molecule has 0 saturated heterocycles. The molecule has 0 bridgehead atoms. The fraction of sp³-hybridized carbons (Fsp3) is 0.0323. The van der Waals surface area contributed by atoms with Gasteiger partial charge in [0.15, 0.2) is 5.76 Å². The molecule has 1 aromatic heterocycles. The van der Waals surface area contributed by atoms with Crippen molar-refractivity contribution >= 4 is 44.7 Å². The second kappa shape index (κ2) is 9.68. The van der Waals surface area contributed by atoms with Crippen molar-refractivity contribution < 1.29 is 28.2 Å². The normalized spacial score (nSPS) is 13.4. The average molecular weight is 567 g/mol. The molecule has 7 heteroatoms. The van der Waals surface area contributed by atoms with E-state index in [2.05, 4.69) is 15.9 Å². The predicted octanol–water partition coefficient (Wildman–Crippen LogP) is 7.71. The number of Topliss-reactive ketones (excluding diaryl/α,β-unsaturated/α-hetero) is 1. The number of hydrogen-bond donors (Lipinski definition) is 0. The number of ether oxygens (including phenoxy) is 3. The number of furan rings is 1. The molecular formula is C31H19BrO6. The lowest BCUT2D eigenvalue weighted by Crippen LogP contribution is -2.09. The monoisotopic (exact) mass is 566 g/mol. The van der Waals surface area contributed by atoms with Crippen LogP contribution in [0.25, 0.3) is 28.4 Å². The third kappa shape index (κ3) is 4.37. The van der Waals surface area contributed by atoms with Gasteiger partial charge in [-0.1, -0.05) is 58.4 Å². The lowest BCUT2D eigenvalue weighted by molar-refractivity contribution is 0.0736. The molecular weight excluding hydrogens is 548 g/mol. The third-order valence-electron chi connectivity index (χ3n) is 6.15. The van der Waals surface area contributed by atoms with Crippen molar-refractivity contribution in [1.82, 2.24) is 0 Å². The lowest BCUT2D eigenvalue weighted by atomic mass is 10.1. The topological polar surface area (TPSA) is 75.0 Å². The zero-order valence-electron chi connectivity index (χ0n) is 20.1. The van der Waals surface area contributed by atoms with Crippen LogP contribution in [0.15, 0.2) is 106 Å². The Hall–Kier alpha value is -4.62. The zero-order chi connectivity index (χ0) is 26.2. The molecule has 1 aliphatic heterocycles. The quantitative estimate of drug-likeness (QED) is 0.123. The highest BCUT2D eigenvalue weighted by Gasteiger charge is 2.29. The molecule has 38 heavy (non-hydrogen) atoms.